The summed E-state index contributed by atoms with van der Waals surface area (Å²) in [5.74, 6) is 0.966. The van der Waals surface area contributed by atoms with Crippen LogP contribution >= 0.6 is 11.8 Å². The highest BCUT2D eigenvalue weighted by Gasteiger charge is 2.23. The molecule has 2 rings (SSSR count). The van der Waals surface area contributed by atoms with E-state index in [9.17, 15) is 0 Å². The van der Waals surface area contributed by atoms with E-state index in [0.29, 0.717) is 11.3 Å². The fraction of sp³-hybridized carbons (Fsp3) is 0.571. The van der Waals surface area contributed by atoms with Crippen LogP contribution in [0.3, 0.4) is 0 Å². The largest absolute Gasteiger partial charge is 0.496 e. The molecule has 1 fully saturated rings. The summed E-state index contributed by atoms with van der Waals surface area (Å²) >= 11 is 1.90. The topological polar surface area (TPSA) is 30.5 Å². The molecule has 1 N–H and O–H groups in total. The molecule has 0 aliphatic carbocycles. The van der Waals surface area contributed by atoms with Crippen LogP contribution in [0.4, 0.5) is 0 Å². The molecule has 1 heterocycles. The van der Waals surface area contributed by atoms with Crippen LogP contribution in [0.1, 0.15) is 25.5 Å². The highest BCUT2D eigenvalue weighted by molar-refractivity contribution is 8.00. The number of hydrogen-bond acceptors (Lipinski definition) is 4. The van der Waals surface area contributed by atoms with Crippen molar-refractivity contribution in [1.29, 1.82) is 0 Å². The minimum Gasteiger partial charge on any atom is -0.496 e. The van der Waals surface area contributed by atoms with Gasteiger partial charge in [-0.15, -0.1) is 11.8 Å². The van der Waals surface area contributed by atoms with Crippen LogP contribution in [0, 0.1) is 0 Å². The summed E-state index contributed by atoms with van der Waals surface area (Å²) in [4.78, 5) is 1.30. The van der Waals surface area contributed by atoms with Crippen LogP contribution in [-0.4, -0.2) is 32.1 Å². The van der Waals surface area contributed by atoms with Gasteiger partial charge in [-0.1, -0.05) is 13.0 Å². The molecule has 1 aromatic rings. The number of thioether (sulfide) groups is 1. The smallest absolute Gasteiger partial charge is 0.124 e. The maximum atomic E-state index is 5.50. The van der Waals surface area contributed by atoms with E-state index in [4.69, 9.17) is 9.47 Å². The molecular weight excluding hydrogens is 246 g/mol. The van der Waals surface area contributed by atoms with E-state index in [2.05, 4.69) is 31.3 Å². The Morgan fingerprint density at radius 2 is 2.28 bits per heavy atom. The molecule has 1 aliphatic heterocycles. The van der Waals surface area contributed by atoms with Gasteiger partial charge in [0, 0.05) is 16.5 Å². The maximum absolute atomic E-state index is 5.50. The van der Waals surface area contributed by atoms with E-state index in [-0.39, 0.29) is 0 Å². The van der Waals surface area contributed by atoms with Crippen LogP contribution in [0.2, 0.25) is 0 Å². The zero-order valence-electron chi connectivity index (χ0n) is 11.2. The average Bonchev–Trinajstić information content (AvgIpc) is 2.33. The van der Waals surface area contributed by atoms with E-state index >= 15 is 0 Å². The molecule has 0 spiro atoms. The molecule has 1 atom stereocenters. The van der Waals surface area contributed by atoms with Crippen molar-refractivity contribution in [3.8, 4) is 5.75 Å². The molecule has 0 radical (unpaired) electrons. The molecule has 1 saturated heterocycles. The van der Waals surface area contributed by atoms with E-state index < -0.39 is 0 Å². The highest BCUT2D eigenvalue weighted by Crippen LogP contribution is 2.38. The molecule has 3 nitrogen and oxygen atoms in total. The Morgan fingerprint density at radius 3 is 2.83 bits per heavy atom. The predicted octanol–water partition coefficient (Wildman–Crippen LogP) is 2.86. The summed E-state index contributed by atoms with van der Waals surface area (Å²) < 4.78 is 10.7. The quantitative estimate of drug-likeness (QED) is 0.858. The monoisotopic (exact) mass is 267 g/mol. The molecule has 1 unspecified atom stereocenters. The molecular formula is C14H21NO2S. The van der Waals surface area contributed by atoms with Gasteiger partial charge in [0.2, 0.25) is 0 Å². The average molecular weight is 267 g/mol. The van der Waals surface area contributed by atoms with E-state index in [1.807, 2.05) is 17.8 Å². The third kappa shape index (κ3) is 2.99. The first-order valence-electron chi connectivity index (χ1n) is 6.41. The number of methoxy groups -OCH3 is 1. The second kappa shape index (κ2) is 6.45. The maximum Gasteiger partial charge on any atom is 0.124 e. The summed E-state index contributed by atoms with van der Waals surface area (Å²) in [5.41, 5.74) is 1.26. The number of ether oxygens (including phenoxy) is 2. The van der Waals surface area contributed by atoms with Gasteiger partial charge in [-0.25, -0.2) is 0 Å². The number of benzene rings is 1. The van der Waals surface area contributed by atoms with E-state index in [0.717, 1.165) is 25.5 Å². The van der Waals surface area contributed by atoms with Crippen LogP contribution in [-0.2, 0) is 4.74 Å². The van der Waals surface area contributed by atoms with Crippen molar-refractivity contribution in [2.75, 3.05) is 26.9 Å². The minimum atomic E-state index is 0.301. The van der Waals surface area contributed by atoms with Crippen molar-refractivity contribution in [3.05, 3.63) is 23.8 Å². The zero-order chi connectivity index (χ0) is 13.0. The number of nitrogens with one attached hydrogen (secondary N) is 1. The molecule has 1 aliphatic rings. The molecule has 18 heavy (non-hydrogen) atoms. The van der Waals surface area contributed by atoms with Gasteiger partial charge in [-0.2, -0.15) is 0 Å². The number of rotatable bonds is 6. The van der Waals surface area contributed by atoms with Gasteiger partial charge < -0.3 is 14.8 Å². The SMILES string of the molecule is CCNC(C)c1c(OC)cccc1SC1COC1. The third-order valence-corrected chi connectivity index (χ3v) is 4.31. The first-order chi connectivity index (χ1) is 8.76. The lowest BCUT2D eigenvalue weighted by molar-refractivity contribution is 0.0455. The Kier molecular flexibility index (Phi) is 4.92. The van der Waals surface area contributed by atoms with Crippen molar-refractivity contribution in [3.63, 3.8) is 0 Å². The van der Waals surface area contributed by atoms with Gasteiger partial charge in [-0.05, 0) is 25.6 Å². The molecule has 0 amide bonds. The molecule has 0 saturated carbocycles. The fourth-order valence-corrected chi connectivity index (χ4v) is 3.35. The molecule has 0 aromatic heterocycles. The Morgan fingerprint density at radius 1 is 1.50 bits per heavy atom. The van der Waals surface area contributed by atoms with Gasteiger partial charge >= 0.3 is 0 Å². The van der Waals surface area contributed by atoms with Crippen molar-refractivity contribution in [2.45, 2.75) is 30.0 Å². The lowest BCUT2D eigenvalue weighted by Gasteiger charge is -2.27. The lowest BCUT2D eigenvalue weighted by Crippen LogP contribution is -2.30. The Balaban J connectivity index is 2.24. The molecule has 100 valence electrons. The summed E-state index contributed by atoms with van der Waals surface area (Å²) in [6.07, 6.45) is 0. The van der Waals surface area contributed by atoms with Crippen molar-refractivity contribution in [1.82, 2.24) is 5.32 Å². The van der Waals surface area contributed by atoms with E-state index in [1.54, 1.807) is 7.11 Å². The van der Waals surface area contributed by atoms with Gasteiger partial charge in [0.15, 0.2) is 0 Å². The molecule has 1 aromatic carbocycles. The van der Waals surface area contributed by atoms with Crippen molar-refractivity contribution >= 4 is 11.8 Å². The van der Waals surface area contributed by atoms with Crippen LogP contribution in [0.25, 0.3) is 0 Å². The van der Waals surface area contributed by atoms with Crippen molar-refractivity contribution < 1.29 is 9.47 Å². The number of hydrogen-bond donors (Lipinski definition) is 1. The predicted molar refractivity (Wildman–Crippen MR) is 75.5 cm³/mol. The van der Waals surface area contributed by atoms with Crippen LogP contribution < -0.4 is 10.1 Å². The second-order valence-electron chi connectivity index (χ2n) is 4.43. The van der Waals surface area contributed by atoms with Gasteiger partial charge in [0.25, 0.3) is 0 Å². The van der Waals surface area contributed by atoms with Crippen LogP contribution in [0.15, 0.2) is 23.1 Å². The Hall–Kier alpha value is -0.710. The lowest BCUT2D eigenvalue weighted by atomic mass is 10.1. The molecule has 0 bridgehead atoms. The Bertz CT molecular complexity index is 393. The van der Waals surface area contributed by atoms with Gasteiger partial charge in [0.05, 0.1) is 25.6 Å². The summed E-state index contributed by atoms with van der Waals surface area (Å²) in [5, 5.41) is 4.05. The highest BCUT2D eigenvalue weighted by atomic mass is 32.2. The zero-order valence-corrected chi connectivity index (χ0v) is 12.0. The third-order valence-electron chi connectivity index (χ3n) is 3.09. The summed E-state index contributed by atoms with van der Waals surface area (Å²) in [6, 6.07) is 6.57. The van der Waals surface area contributed by atoms with Gasteiger partial charge in [0.1, 0.15) is 5.75 Å². The van der Waals surface area contributed by atoms with E-state index in [1.165, 1.54) is 10.5 Å². The Labute approximate surface area is 113 Å². The van der Waals surface area contributed by atoms with Gasteiger partial charge in [-0.3, -0.25) is 0 Å². The first kappa shape index (κ1) is 13.7. The molecule has 4 heteroatoms. The van der Waals surface area contributed by atoms with Crippen LogP contribution in [0.5, 0.6) is 5.75 Å². The second-order valence-corrected chi connectivity index (χ2v) is 5.77. The summed E-state index contributed by atoms with van der Waals surface area (Å²) in [6.45, 7) is 6.98. The summed E-state index contributed by atoms with van der Waals surface area (Å²) in [7, 11) is 1.73. The minimum absolute atomic E-state index is 0.301. The standard InChI is InChI=1S/C14H21NO2S/c1-4-15-10(2)14-12(16-3)6-5-7-13(14)18-11-8-17-9-11/h5-7,10-11,15H,4,8-9H2,1-3H3. The fourth-order valence-electron chi connectivity index (χ4n) is 2.10. The normalized spacial score (nSPS) is 17.3. The van der Waals surface area contributed by atoms with Crippen molar-refractivity contribution in [2.24, 2.45) is 0 Å². The first-order valence-corrected chi connectivity index (χ1v) is 7.29.